The van der Waals surface area contributed by atoms with E-state index in [0.29, 0.717) is 15.9 Å². The number of rotatable bonds is 2. The van der Waals surface area contributed by atoms with E-state index in [1.54, 1.807) is 12.3 Å². The largest absolute Gasteiger partial charge is 0.507 e. The second kappa shape index (κ2) is 3.50. The summed E-state index contributed by atoms with van der Waals surface area (Å²) in [5.41, 5.74) is 1.10. The maximum Gasteiger partial charge on any atom is 0.337 e. The number of aromatic carboxylic acids is 1. The van der Waals surface area contributed by atoms with Crippen molar-refractivity contribution in [2.75, 3.05) is 0 Å². The van der Waals surface area contributed by atoms with Gasteiger partial charge in [-0.05, 0) is 40.9 Å². The SMILES string of the molecule is O=C(O)c1cn(C2CC2)c2cc(Br)c(O)cc12. The van der Waals surface area contributed by atoms with E-state index in [2.05, 4.69) is 15.9 Å². The van der Waals surface area contributed by atoms with Gasteiger partial charge in [0.05, 0.1) is 15.6 Å². The molecule has 4 nitrogen and oxygen atoms in total. The number of phenolic OH excluding ortho intramolecular Hbond substituents is 1. The Bertz CT molecular complexity index is 628. The van der Waals surface area contributed by atoms with E-state index in [-0.39, 0.29) is 11.3 Å². The number of carbonyl (C=O) groups is 1. The molecule has 0 saturated heterocycles. The molecule has 3 rings (SSSR count). The number of hydrogen-bond acceptors (Lipinski definition) is 2. The molecule has 1 aromatic heterocycles. The Morgan fingerprint density at radius 2 is 2.12 bits per heavy atom. The molecule has 88 valence electrons. The van der Waals surface area contributed by atoms with Crippen molar-refractivity contribution < 1.29 is 15.0 Å². The Labute approximate surface area is 106 Å². The lowest BCUT2D eigenvalue weighted by Gasteiger charge is -2.03. The number of fused-ring (bicyclic) bond motifs is 1. The topological polar surface area (TPSA) is 62.5 Å². The molecule has 0 radical (unpaired) electrons. The number of carboxylic acids is 1. The summed E-state index contributed by atoms with van der Waals surface area (Å²) in [4.78, 5) is 11.2. The predicted molar refractivity (Wildman–Crippen MR) is 66.5 cm³/mol. The van der Waals surface area contributed by atoms with Crippen LogP contribution in [0.1, 0.15) is 29.2 Å². The third-order valence-corrected chi connectivity index (χ3v) is 3.71. The molecule has 5 heteroatoms. The van der Waals surface area contributed by atoms with Crippen LogP contribution in [0.5, 0.6) is 5.75 Å². The van der Waals surface area contributed by atoms with Crippen LogP contribution in [0.2, 0.25) is 0 Å². The lowest BCUT2D eigenvalue weighted by Crippen LogP contribution is -1.94. The van der Waals surface area contributed by atoms with Gasteiger partial charge in [0.15, 0.2) is 0 Å². The summed E-state index contributed by atoms with van der Waals surface area (Å²) in [5, 5.41) is 19.4. The number of benzene rings is 1. The molecule has 1 saturated carbocycles. The van der Waals surface area contributed by atoms with Gasteiger partial charge in [0.2, 0.25) is 0 Å². The maximum absolute atomic E-state index is 11.2. The smallest absolute Gasteiger partial charge is 0.337 e. The number of phenols is 1. The molecule has 0 amide bonds. The van der Waals surface area contributed by atoms with Gasteiger partial charge in [-0.3, -0.25) is 0 Å². The first-order valence-electron chi connectivity index (χ1n) is 5.34. The van der Waals surface area contributed by atoms with Crippen LogP contribution in [0.3, 0.4) is 0 Å². The number of hydrogen-bond donors (Lipinski definition) is 2. The minimum atomic E-state index is -0.962. The number of nitrogens with zero attached hydrogens (tertiary/aromatic N) is 1. The van der Waals surface area contributed by atoms with Crippen LogP contribution >= 0.6 is 15.9 Å². The molecule has 0 bridgehead atoms. The highest BCUT2D eigenvalue weighted by atomic mass is 79.9. The number of carboxylic acid groups (broad SMARTS) is 1. The van der Waals surface area contributed by atoms with Gasteiger partial charge >= 0.3 is 5.97 Å². The Morgan fingerprint density at radius 1 is 1.41 bits per heavy atom. The van der Waals surface area contributed by atoms with Crippen molar-refractivity contribution in [3.05, 3.63) is 28.4 Å². The molecule has 2 N–H and O–H groups in total. The fraction of sp³-hybridized carbons (Fsp3) is 0.250. The Balaban J connectivity index is 2.35. The van der Waals surface area contributed by atoms with Crippen LogP contribution in [-0.4, -0.2) is 20.7 Å². The molecular formula is C12H10BrNO3. The summed E-state index contributed by atoms with van der Waals surface area (Å²) in [6.07, 6.45) is 3.83. The van der Waals surface area contributed by atoms with Crippen LogP contribution in [0.4, 0.5) is 0 Å². The molecule has 0 atom stereocenters. The van der Waals surface area contributed by atoms with Crippen molar-refractivity contribution in [1.29, 1.82) is 0 Å². The number of aromatic nitrogens is 1. The summed E-state index contributed by atoms with van der Waals surface area (Å²) in [5.74, 6) is -0.898. The molecule has 1 aromatic carbocycles. The predicted octanol–water partition coefficient (Wildman–Crippen LogP) is 3.14. The van der Waals surface area contributed by atoms with Gasteiger partial charge in [-0.15, -0.1) is 0 Å². The number of aromatic hydroxyl groups is 1. The van der Waals surface area contributed by atoms with Crippen LogP contribution in [0.15, 0.2) is 22.8 Å². The fourth-order valence-electron chi connectivity index (χ4n) is 2.08. The van der Waals surface area contributed by atoms with Gasteiger partial charge in [0.25, 0.3) is 0 Å². The normalized spacial score (nSPS) is 15.4. The number of halogens is 1. The lowest BCUT2D eigenvalue weighted by atomic mass is 10.1. The van der Waals surface area contributed by atoms with Gasteiger partial charge in [-0.2, -0.15) is 0 Å². The highest BCUT2D eigenvalue weighted by Gasteiger charge is 2.27. The molecule has 2 aromatic rings. The Hall–Kier alpha value is -1.49. The van der Waals surface area contributed by atoms with Crippen LogP contribution in [-0.2, 0) is 0 Å². The monoisotopic (exact) mass is 295 g/mol. The van der Waals surface area contributed by atoms with Gasteiger partial charge in [0.1, 0.15) is 5.75 Å². The first-order valence-corrected chi connectivity index (χ1v) is 6.13. The molecule has 17 heavy (non-hydrogen) atoms. The summed E-state index contributed by atoms with van der Waals surface area (Å²) in [6, 6.07) is 3.68. The van der Waals surface area contributed by atoms with E-state index >= 15 is 0 Å². The first kappa shape index (κ1) is 10.7. The summed E-state index contributed by atoms with van der Waals surface area (Å²) in [6.45, 7) is 0. The highest BCUT2D eigenvalue weighted by molar-refractivity contribution is 9.10. The molecule has 0 spiro atoms. The van der Waals surface area contributed by atoms with Crippen molar-refractivity contribution >= 4 is 32.8 Å². The molecule has 0 aliphatic heterocycles. The van der Waals surface area contributed by atoms with E-state index in [0.717, 1.165) is 18.4 Å². The fourth-order valence-corrected chi connectivity index (χ4v) is 2.42. The standard InChI is InChI=1S/C12H10BrNO3/c13-9-4-10-7(3-11(9)15)8(12(16)17)5-14(10)6-1-2-6/h3-6,15H,1-2H2,(H,16,17). The van der Waals surface area contributed by atoms with Crippen molar-refractivity contribution in [3.63, 3.8) is 0 Å². The van der Waals surface area contributed by atoms with E-state index < -0.39 is 5.97 Å². The molecule has 0 unspecified atom stereocenters. The zero-order valence-electron chi connectivity index (χ0n) is 8.85. The average Bonchev–Trinajstić information content (AvgIpc) is 3.03. The van der Waals surface area contributed by atoms with Gasteiger partial charge in [-0.25, -0.2) is 4.79 Å². The van der Waals surface area contributed by atoms with Crippen molar-refractivity contribution in [1.82, 2.24) is 4.57 Å². The van der Waals surface area contributed by atoms with Crippen molar-refractivity contribution in [3.8, 4) is 5.75 Å². The van der Waals surface area contributed by atoms with Crippen LogP contribution < -0.4 is 0 Å². The first-order chi connectivity index (χ1) is 8.08. The van der Waals surface area contributed by atoms with Gasteiger partial charge in [0, 0.05) is 17.6 Å². The second-order valence-electron chi connectivity index (χ2n) is 4.31. The minimum absolute atomic E-state index is 0.0635. The van der Waals surface area contributed by atoms with E-state index in [4.69, 9.17) is 5.11 Å². The van der Waals surface area contributed by atoms with Crippen LogP contribution in [0, 0.1) is 0 Å². The quantitative estimate of drug-likeness (QED) is 0.895. The second-order valence-corrected chi connectivity index (χ2v) is 5.16. The maximum atomic E-state index is 11.2. The van der Waals surface area contributed by atoms with Crippen molar-refractivity contribution in [2.45, 2.75) is 18.9 Å². The van der Waals surface area contributed by atoms with Crippen LogP contribution in [0.25, 0.3) is 10.9 Å². The van der Waals surface area contributed by atoms with E-state index in [1.165, 1.54) is 6.07 Å². The Kier molecular flexibility index (Phi) is 2.19. The molecule has 1 fully saturated rings. The van der Waals surface area contributed by atoms with Gasteiger partial charge < -0.3 is 14.8 Å². The molecule has 1 heterocycles. The average molecular weight is 296 g/mol. The van der Waals surface area contributed by atoms with Crippen molar-refractivity contribution in [2.24, 2.45) is 0 Å². The van der Waals surface area contributed by atoms with Gasteiger partial charge in [-0.1, -0.05) is 0 Å². The molecular weight excluding hydrogens is 286 g/mol. The summed E-state index contributed by atoms with van der Waals surface area (Å²) >= 11 is 3.26. The summed E-state index contributed by atoms with van der Waals surface area (Å²) < 4.78 is 2.57. The highest BCUT2D eigenvalue weighted by Crippen LogP contribution is 2.41. The minimum Gasteiger partial charge on any atom is -0.507 e. The zero-order valence-corrected chi connectivity index (χ0v) is 10.4. The lowest BCUT2D eigenvalue weighted by molar-refractivity contribution is 0.0699. The Morgan fingerprint density at radius 3 is 2.71 bits per heavy atom. The van der Waals surface area contributed by atoms with E-state index in [1.807, 2.05) is 4.57 Å². The molecule has 1 aliphatic rings. The third-order valence-electron chi connectivity index (χ3n) is 3.07. The summed E-state index contributed by atoms with van der Waals surface area (Å²) in [7, 11) is 0. The van der Waals surface area contributed by atoms with E-state index in [9.17, 15) is 9.90 Å². The zero-order chi connectivity index (χ0) is 12.2. The molecule has 1 aliphatic carbocycles. The third kappa shape index (κ3) is 1.61.